The third kappa shape index (κ3) is 5.08. The van der Waals surface area contributed by atoms with E-state index in [4.69, 9.17) is 9.72 Å². The smallest absolute Gasteiger partial charge is 0.228 e. The first-order valence-corrected chi connectivity index (χ1v) is 13.1. The van der Waals surface area contributed by atoms with E-state index in [0.717, 1.165) is 22.2 Å². The number of piperidine rings is 1. The van der Waals surface area contributed by atoms with Gasteiger partial charge in [0.1, 0.15) is 17.5 Å². The highest BCUT2D eigenvalue weighted by atomic mass is 16.5. The van der Waals surface area contributed by atoms with Crippen LogP contribution in [-0.4, -0.2) is 95.4 Å². The lowest BCUT2D eigenvalue weighted by Crippen LogP contribution is -2.53. The maximum Gasteiger partial charge on any atom is 0.228 e. The molecule has 11 nitrogen and oxygen atoms in total. The topological polar surface area (TPSA) is 120 Å². The van der Waals surface area contributed by atoms with E-state index < -0.39 is 6.10 Å². The van der Waals surface area contributed by atoms with Crippen molar-refractivity contribution in [1.29, 1.82) is 0 Å². The minimum absolute atomic E-state index is 0.00566. The first kappa shape index (κ1) is 26.1. The molecule has 0 unspecified atom stereocenters. The Kier molecular flexibility index (Phi) is 7.31. The number of hydrogen-bond donors (Lipinski definition) is 2. The van der Waals surface area contributed by atoms with Crippen molar-refractivity contribution in [3.05, 3.63) is 36.3 Å². The van der Waals surface area contributed by atoms with Crippen molar-refractivity contribution >= 4 is 40.1 Å². The third-order valence-corrected chi connectivity index (χ3v) is 7.38. The van der Waals surface area contributed by atoms with E-state index in [1.165, 1.54) is 0 Å². The van der Waals surface area contributed by atoms with Crippen molar-refractivity contribution in [2.24, 2.45) is 5.92 Å². The molecule has 3 aromatic heterocycles. The molecule has 1 amide bonds. The van der Waals surface area contributed by atoms with Gasteiger partial charge >= 0.3 is 0 Å². The molecule has 2 aliphatic rings. The number of carbonyl (C=O) groups excluding carboxylic acids is 1. The van der Waals surface area contributed by atoms with Gasteiger partial charge in [0, 0.05) is 71.4 Å². The predicted molar refractivity (Wildman–Crippen MR) is 147 cm³/mol. The molecule has 0 saturated carbocycles. The van der Waals surface area contributed by atoms with Crippen LogP contribution in [-0.2, 0) is 9.53 Å². The number of β-amino-alcohol motifs (C(OH)–C–C–N with tert-alkyl or cyclic N) is 1. The van der Waals surface area contributed by atoms with E-state index >= 15 is 0 Å². The molecule has 2 atom stereocenters. The molecule has 2 aliphatic heterocycles. The number of pyridine rings is 2. The quantitative estimate of drug-likeness (QED) is 0.480. The van der Waals surface area contributed by atoms with Gasteiger partial charge < -0.3 is 29.9 Å². The second kappa shape index (κ2) is 10.7. The van der Waals surface area contributed by atoms with Crippen LogP contribution in [0.15, 0.2) is 30.7 Å². The Hall–Kier alpha value is -3.57. The normalized spacial score (nSPS) is 20.1. The molecule has 0 aliphatic carbocycles. The molecule has 202 valence electrons. The van der Waals surface area contributed by atoms with Gasteiger partial charge in [-0.25, -0.2) is 15.0 Å². The van der Waals surface area contributed by atoms with Crippen molar-refractivity contribution in [3.63, 3.8) is 0 Å². The fourth-order valence-corrected chi connectivity index (χ4v) is 5.16. The van der Waals surface area contributed by atoms with Crippen LogP contribution >= 0.6 is 0 Å². The summed E-state index contributed by atoms with van der Waals surface area (Å²) in [7, 11) is 5.21. The minimum atomic E-state index is -0.587. The van der Waals surface area contributed by atoms with Gasteiger partial charge in [0.05, 0.1) is 18.1 Å². The number of fused-ring (bicyclic) bond motifs is 1. The van der Waals surface area contributed by atoms with Crippen LogP contribution < -0.4 is 15.1 Å². The maximum absolute atomic E-state index is 12.3. The number of nitrogens with one attached hydrogen (secondary N) is 1. The van der Waals surface area contributed by atoms with Crippen LogP contribution in [0.1, 0.15) is 31.7 Å². The number of amides is 1. The number of aromatic nitrogens is 4. The predicted octanol–water partition coefficient (Wildman–Crippen LogP) is 2.40. The summed E-state index contributed by atoms with van der Waals surface area (Å²) in [6.07, 6.45) is 5.44. The fourth-order valence-electron chi connectivity index (χ4n) is 5.16. The second-order valence-corrected chi connectivity index (χ2v) is 10.6. The molecule has 11 heteroatoms. The SMILES string of the molecule is CO[C@H]1CCN(c2nccc(Nc3cc4c(C(C)C)cnc(N5CC(C(=O)N(C)C)C5)c4cn3)n2)C[C@H]1O. The average Bonchev–Trinajstić information content (AvgIpc) is 2.87. The Bertz CT molecular complexity index is 1310. The van der Waals surface area contributed by atoms with Gasteiger partial charge in [-0.3, -0.25) is 4.79 Å². The molecule has 2 saturated heterocycles. The van der Waals surface area contributed by atoms with Crippen molar-refractivity contribution in [3.8, 4) is 0 Å². The number of rotatable bonds is 7. The third-order valence-electron chi connectivity index (χ3n) is 7.38. The largest absolute Gasteiger partial charge is 0.389 e. The summed E-state index contributed by atoms with van der Waals surface area (Å²) in [6, 6.07) is 3.84. The number of methoxy groups -OCH3 is 1. The summed E-state index contributed by atoms with van der Waals surface area (Å²) in [5.74, 6) is 3.12. The van der Waals surface area contributed by atoms with Gasteiger partial charge in [0.25, 0.3) is 0 Å². The Morgan fingerprint density at radius 2 is 1.89 bits per heavy atom. The molecule has 0 bridgehead atoms. The summed E-state index contributed by atoms with van der Waals surface area (Å²) in [5, 5.41) is 15.7. The van der Waals surface area contributed by atoms with E-state index in [-0.39, 0.29) is 23.8 Å². The summed E-state index contributed by atoms with van der Waals surface area (Å²) in [4.78, 5) is 36.6. The maximum atomic E-state index is 12.3. The summed E-state index contributed by atoms with van der Waals surface area (Å²) >= 11 is 0. The average molecular weight is 521 g/mol. The Morgan fingerprint density at radius 3 is 2.58 bits per heavy atom. The number of aliphatic hydroxyl groups is 1. The van der Waals surface area contributed by atoms with E-state index in [9.17, 15) is 9.90 Å². The molecular weight excluding hydrogens is 484 g/mol. The number of anilines is 4. The van der Waals surface area contributed by atoms with Gasteiger partial charge in [-0.2, -0.15) is 4.98 Å². The molecule has 2 fully saturated rings. The fraction of sp³-hybridized carbons (Fsp3) is 0.519. The lowest BCUT2D eigenvalue weighted by Gasteiger charge is -2.40. The summed E-state index contributed by atoms with van der Waals surface area (Å²) in [5.41, 5.74) is 1.13. The minimum Gasteiger partial charge on any atom is -0.389 e. The molecule has 0 radical (unpaired) electrons. The molecule has 5 rings (SSSR count). The molecule has 2 N–H and O–H groups in total. The summed E-state index contributed by atoms with van der Waals surface area (Å²) < 4.78 is 5.35. The lowest BCUT2D eigenvalue weighted by molar-refractivity contribution is -0.133. The molecule has 38 heavy (non-hydrogen) atoms. The molecule has 5 heterocycles. The van der Waals surface area contributed by atoms with E-state index in [1.807, 2.05) is 23.4 Å². The van der Waals surface area contributed by atoms with E-state index in [0.29, 0.717) is 50.2 Å². The van der Waals surface area contributed by atoms with Crippen molar-refractivity contribution in [1.82, 2.24) is 24.8 Å². The summed E-state index contributed by atoms with van der Waals surface area (Å²) in [6.45, 7) is 6.73. The zero-order chi connectivity index (χ0) is 27.0. The first-order chi connectivity index (χ1) is 18.2. The molecule has 3 aromatic rings. The van der Waals surface area contributed by atoms with Gasteiger partial charge in [0.2, 0.25) is 11.9 Å². The monoisotopic (exact) mass is 520 g/mol. The van der Waals surface area contributed by atoms with Gasteiger partial charge in [-0.15, -0.1) is 0 Å². The Morgan fingerprint density at radius 1 is 1.11 bits per heavy atom. The molecule has 0 aromatic carbocycles. The molecular formula is C27H36N8O3. The Labute approximate surface area is 222 Å². The van der Waals surface area contributed by atoms with Crippen molar-refractivity contribution in [2.45, 2.75) is 38.4 Å². The van der Waals surface area contributed by atoms with Crippen LogP contribution in [0.25, 0.3) is 10.8 Å². The second-order valence-electron chi connectivity index (χ2n) is 10.6. The highest BCUT2D eigenvalue weighted by molar-refractivity contribution is 5.96. The zero-order valence-corrected chi connectivity index (χ0v) is 22.6. The lowest BCUT2D eigenvalue weighted by atomic mass is 9.96. The van der Waals surface area contributed by atoms with Crippen LogP contribution in [0.5, 0.6) is 0 Å². The molecule has 0 spiro atoms. The first-order valence-electron chi connectivity index (χ1n) is 13.1. The van der Waals surface area contributed by atoms with Crippen molar-refractivity contribution < 1.29 is 14.6 Å². The van der Waals surface area contributed by atoms with Gasteiger partial charge in [0.15, 0.2) is 0 Å². The standard InChI is InChI=1S/C27H36N8O3/c1-16(2)19-11-30-25(35-13-17(14-35)26(37)33(3)4)20-12-29-24(10-18(19)20)31-23-6-8-28-27(32-23)34-9-7-22(38-5)21(36)15-34/h6,8,10-12,16-17,21-22,36H,7,9,13-15H2,1-5H3,(H,28,29,31,32)/t21-,22+/m1/s1. The van der Waals surface area contributed by atoms with Crippen LogP contribution in [0.3, 0.4) is 0 Å². The number of carbonyl (C=O) groups is 1. The van der Waals surface area contributed by atoms with Crippen molar-refractivity contribution in [2.75, 3.05) is 62.5 Å². The van der Waals surface area contributed by atoms with Gasteiger partial charge in [-0.05, 0) is 35.4 Å². The van der Waals surface area contributed by atoms with Crippen LogP contribution in [0.2, 0.25) is 0 Å². The van der Waals surface area contributed by atoms with Crippen LogP contribution in [0, 0.1) is 5.92 Å². The van der Waals surface area contributed by atoms with Crippen LogP contribution in [0.4, 0.5) is 23.4 Å². The number of hydrogen-bond acceptors (Lipinski definition) is 10. The van der Waals surface area contributed by atoms with E-state index in [1.54, 1.807) is 38.4 Å². The number of aliphatic hydroxyl groups excluding tert-OH is 1. The number of nitrogens with zero attached hydrogens (tertiary/aromatic N) is 7. The highest BCUT2D eigenvalue weighted by Crippen LogP contribution is 2.35. The van der Waals surface area contributed by atoms with Gasteiger partial charge in [-0.1, -0.05) is 13.8 Å². The Balaban J connectivity index is 1.38. The highest BCUT2D eigenvalue weighted by Gasteiger charge is 2.35. The number of ether oxygens (including phenoxy) is 1. The van der Waals surface area contributed by atoms with E-state index in [2.05, 4.69) is 39.0 Å². The zero-order valence-electron chi connectivity index (χ0n) is 22.6.